The van der Waals surface area contributed by atoms with Gasteiger partial charge >= 0.3 is 0 Å². The van der Waals surface area contributed by atoms with Crippen LogP contribution in [-0.2, 0) is 4.79 Å². The van der Waals surface area contributed by atoms with Gasteiger partial charge in [0.1, 0.15) is 5.75 Å². The van der Waals surface area contributed by atoms with E-state index in [-0.39, 0.29) is 12.5 Å². The number of aryl methyl sites for hydroxylation is 1. The molecule has 0 saturated heterocycles. The summed E-state index contributed by atoms with van der Waals surface area (Å²) in [5.74, 6) is 0.434. The Morgan fingerprint density at radius 3 is 2.63 bits per heavy atom. The van der Waals surface area contributed by atoms with Gasteiger partial charge in [-0.15, -0.1) is 0 Å². The van der Waals surface area contributed by atoms with E-state index in [1.165, 1.54) is 0 Å². The number of anilines is 1. The van der Waals surface area contributed by atoms with Crippen molar-refractivity contribution in [3.05, 3.63) is 59.1 Å². The van der Waals surface area contributed by atoms with E-state index in [9.17, 15) is 4.79 Å². The van der Waals surface area contributed by atoms with Gasteiger partial charge in [-0.1, -0.05) is 29.8 Å². The van der Waals surface area contributed by atoms with Crippen molar-refractivity contribution in [3.8, 4) is 5.75 Å². The lowest BCUT2D eigenvalue weighted by atomic mass is 10.2. The van der Waals surface area contributed by atoms with Crippen LogP contribution in [0.2, 0.25) is 5.02 Å². The lowest BCUT2D eigenvalue weighted by molar-refractivity contribution is -0.118. The number of ether oxygens (including phenoxy) is 1. The van der Waals surface area contributed by atoms with Gasteiger partial charge in [-0.25, -0.2) is 0 Å². The molecule has 0 aromatic heterocycles. The van der Waals surface area contributed by atoms with E-state index < -0.39 is 0 Å². The van der Waals surface area contributed by atoms with Gasteiger partial charge in [0.25, 0.3) is 5.91 Å². The van der Waals surface area contributed by atoms with Crippen molar-refractivity contribution in [1.29, 1.82) is 0 Å². The minimum atomic E-state index is -0.196. The first-order valence-electron chi connectivity index (χ1n) is 5.89. The number of amides is 1. The maximum absolute atomic E-state index is 11.7. The first-order valence-corrected chi connectivity index (χ1v) is 6.27. The molecule has 0 aliphatic heterocycles. The topological polar surface area (TPSA) is 38.3 Å². The second-order valence-electron chi connectivity index (χ2n) is 4.11. The Hall–Kier alpha value is -2.00. The Morgan fingerprint density at radius 2 is 1.95 bits per heavy atom. The highest BCUT2D eigenvalue weighted by molar-refractivity contribution is 6.31. The van der Waals surface area contributed by atoms with Crippen LogP contribution in [0.3, 0.4) is 0 Å². The van der Waals surface area contributed by atoms with Crippen molar-refractivity contribution in [2.75, 3.05) is 11.9 Å². The van der Waals surface area contributed by atoms with Gasteiger partial charge in [-0.05, 0) is 42.8 Å². The number of nitrogens with one attached hydrogen (secondary N) is 1. The third kappa shape index (κ3) is 4.00. The highest BCUT2D eigenvalue weighted by Crippen LogP contribution is 2.20. The molecule has 98 valence electrons. The fourth-order valence-electron chi connectivity index (χ4n) is 1.57. The Labute approximate surface area is 117 Å². The molecule has 4 heteroatoms. The normalized spacial score (nSPS) is 10.0. The van der Waals surface area contributed by atoms with Gasteiger partial charge in [-0.2, -0.15) is 0 Å². The average Bonchev–Trinajstić information content (AvgIpc) is 2.41. The molecule has 2 aromatic carbocycles. The second-order valence-corrected chi connectivity index (χ2v) is 4.52. The molecule has 0 bridgehead atoms. The molecule has 0 aliphatic carbocycles. The Balaban J connectivity index is 1.88. The molecule has 19 heavy (non-hydrogen) atoms. The van der Waals surface area contributed by atoms with Crippen LogP contribution in [0, 0.1) is 6.92 Å². The number of para-hydroxylation sites is 1. The van der Waals surface area contributed by atoms with E-state index in [0.717, 1.165) is 11.3 Å². The van der Waals surface area contributed by atoms with Crippen LogP contribution in [0.4, 0.5) is 5.69 Å². The van der Waals surface area contributed by atoms with E-state index in [2.05, 4.69) is 5.32 Å². The van der Waals surface area contributed by atoms with Crippen molar-refractivity contribution in [1.82, 2.24) is 0 Å². The molecule has 0 saturated carbocycles. The molecule has 2 rings (SSSR count). The molecule has 0 unspecified atom stereocenters. The number of rotatable bonds is 4. The molecule has 0 radical (unpaired) electrons. The zero-order valence-corrected chi connectivity index (χ0v) is 11.3. The number of hydrogen-bond acceptors (Lipinski definition) is 2. The van der Waals surface area contributed by atoms with E-state index >= 15 is 0 Å². The third-order valence-corrected chi connectivity index (χ3v) is 2.98. The Bertz CT molecular complexity index is 570. The van der Waals surface area contributed by atoms with E-state index in [1.54, 1.807) is 18.2 Å². The number of hydrogen-bond donors (Lipinski definition) is 1. The largest absolute Gasteiger partial charge is 0.484 e. The minimum Gasteiger partial charge on any atom is -0.484 e. The number of halogens is 1. The summed E-state index contributed by atoms with van der Waals surface area (Å²) in [4.78, 5) is 11.7. The molecular weight excluding hydrogens is 262 g/mol. The zero-order valence-electron chi connectivity index (χ0n) is 10.5. The van der Waals surface area contributed by atoms with Gasteiger partial charge in [0.2, 0.25) is 0 Å². The molecule has 0 heterocycles. The first kappa shape index (κ1) is 13.4. The fraction of sp³-hybridized carbons (Fsp3) is 0.133. The fourth-order valence-corrected chi connectivity index (χ4v) is 1.69. The smallest absolute Gasteiger partial charge is 0.262 e. The summed E-state index contributed by atoms with van der Waals surface area (Å²) >= 11 is 5.92. The lowest BCUT2D eigenvalue weighted by Crippen LogP contribution is -2.20. The van der Waals surface area contributed by atoms with E-state index in [4.69, 9.17) is 16.3 Å². The second kappa shape index (κ2) is 6.25. The van der Waals surface area contributed by atoms with E-state index in [1.807, 2.05) is 37.3 Å². The summed E-state index contributed by atoms with van der Waals surface area (Å²) < 4.78 is 5.41. The summed E-state index contributed by atoms with van der Waals surface area (Å²) in [5, 5.41) is 3.43. The molecule has 3 nitrogen and oxygen atoms in total. The lowest BCUT2D eigenvalue weighted by Gasteiger charge is -2.08. The molecule has 1 N–H and O–H groups in total. The van der Waals surface area contributed by atoms with Crippen LogP contribution in [0.5, 0.6) is 5.75 Å². The quantitative estimate of drug-likeness (QED) is 0.925. The maximum Gasteiger partial charge on any atom is 0.262 e. The summed E-state index contributed by atoms with van der Waals surface area (Å²) in [7, 11) is 0. The van der Waals surface area contributed by atoms with Gasteiger partial charge in [0.05, 0.1) is 0 Å². The third-order valence-electron chi connectivity index (χ3n) is 2.56. The summed E-state index contributed by atoms with van der Waals surface area (Å²) in [5.41, 5.74) is 1.67. The molecule has 1 amide bonds. The van der Waals surface area contributed by atoms with Crippen LogP contribution >= 0.6 is 11.6 Å². The highest BCUT2D eigenvalue weighted by atomic mass is 35.5. The van der Waals surface area contributed by atoms with Crippen molar-refractivity contribution in [2.45, 2.75) is 6.92 Å². The molecule has 0 fully saturated rings. The van der Waals surface area contributed by atoms with Gasteiger partial charge in [-0.3, -0.25) is 4.79 Å². The zero-order chi connectivity index (χ0) is 13.7. The van der Waals surface area contributed by atoms with Crippen molar-refractivity contribution >= 4 is 23.2 Å². The van der Waals surface area contributed by atoms with Crippen LogP contribution in [0.15, 0.2) is 48.5 Å². The van der Waals surface area contributed by atoms with Crippen molar-refractivity contribution in [2.24, 2.45) is 0 Å². The van der Waals surface area contributed by atoms with Crippen molar-refractivity contribution in [3.63, 3.8) is 0 Å². The predicted molar refractivity (Wildman–Crippen MR) is 76.8 cm³/mol. The van der Waals surface area contributed by atoms with Crippen LogP contribution in [-0.4, -0.2) is 12.5 Å². The monoisotopic (exact) mass is 275 g/mol. The summed E-state index contributed by atoms with van der Waals surface area (Å²) in [6, 6.07) is 14.6. The SMILES string of the molecule is Cc1cc(OCC(=O)Nc2ccccc2)ccc1Cl. The molecule has 2 aromatic rings. The standard InChI is InChI=1S/C15H14ClNO2/c1-11-9-13(7-8-14(11)16)19-10-15(18)17-12-5-3-2-4-6-12/h2-9H,10H2,1H3,(H,17,18). The van der Waals surface area contributed by atoms with Gasteiger partial charge < -0.3 is 10.1 Å². The number of carbonyl (C=O) groups excluding carboxylic acids is 1. The minimum absolute atomic E-state index is 0.0318. The Kier molecular flexibility index (Phi) is 4.42. The highest BCUT2D eigenvalue weighted by Gasteiger charge is 2.04. The Morgan fingerprint density at radius 1 is 1.21 bits per heavy atom. The van der Waals surface area contributed by atoms with E-state index in [0.29, 0.717) is 10.8 Å². The number of carbonyl (C=O) groups is 1. The van der Waals surface area contributed by atoms with Crippen LogP contribution in [0.25, 0.3) is 0 Å². The predicted octanol–water partition coefficient (Wildman–Crippen LogP) is 3.67. The molecular formula is C15H14ClNO2. The van der Waals surface area contributed by atoms with Gasteiger partial charge in [0, 0.05) is 10.7 Å². The first-order chi connectivity index (χ1) is 9.15. The molecule has 0 aliphatic rings. The summed E-state index contributed by atoms with van der Waals surface area (Å²) in [6.45, 7) is 1.86. The summed E-state index contributed by atoms with van der Waals surface area (Å²) in [6.07, 6.45) is 0. The van der Waals surface area contributed by atoms with Crippen molar-refractivity contribution < 1.29 is 9.53 Å². The van der Waals surface area contributed by atoms with Gasteiger partial charge in [0.15, 0.2) is 6.61 Å². The molecule has 0 atom stereocenters. The van der Waals surface area contributed by atoms with Crippen LogP contribution < -0.4 is 10.1 Å². The maximum atomic E-state index is 11.7. The van der Waals surface area contributed by atoms with Crippen LogP contribution in [0.1, 0.15) is 5.56 Å². The number of benzene rings is 2. The average molecular weight is 276 g/mol. The molecule has 0 spiro atoms.